The Kier molecular flexibility index (Phi) is 6.73. The third-order valence-corrected chi connectivity index (χ3v) is 5.78. The molecule has 1 aliphatic rings. The summed E-state index contributed by atoms with van der Waals surface area (Å²) < 4.78 is 10.7. The van der Waals surface area contributed by atoms with Gasteiger partial charge in [-0.2, -0.15) is 4.98 Å². The number of carbonyl (C=O) groups is 1. The lowest BCUT2D eigenvalue weighted by atomic mass is 9.95. The molecule has 2 aromatic carbocycles. The predicted octanol–water partition coefficient (Wildman–Crippen LogP) is 4.95. The molecule has 4 rings (SSSR count). The van der Waals surface area contributed by atoms with E-state index in [1.165, 1.54) is 19.3 Å². The maximum absolute atomic E-state index is 11.8. The molecule has 1 aliphatic carbocycles. The second kappa shape index (κ2) is 9.85. The summed E-state index contributed by atoms with van der Waals surface area (Å²) in [6.45, 7) is 3.79. The monoisotopic (exact) mass is 434 g/mol. The number of fused-ring (bicyclic) bond motifs is 1. The molecule has 3 aromatic rings. The Balaban J connectivity index is 1.57. The average Bonchev–Trinajstić information content (AvgIpc) is 2.80. The van der Waals surface area contributed by atoms with Gasteiger partial charge in [0.25, 0.3) is 0 Å². The highest BCUT2D eigenvalue weighted by molar-refractivity contribution is 5.93. The Morgan fingerprint density at radius 1 is 1.09 bits per heavy atom. The van der Waals surface area contributed by atoms with Gasteiger partial charge in [0, 0.05) is 11.4 Å². The van der Waals surface area contributed by atoms with Crippen LogP contribution in [0.25, 0.3) is 22.0 Å². The van der Waals surface area contributed by atoms with E-state index in [0.29, 0.717) is 18.4 Å². The first-order chi connectivity index (χ1) is 15.5. The summed E-state index contributed by atoms with van der Waals surface area (Å²) in [7, 11) is 0. The molecular formula is C25H30N4O3. The van der Waals surface area contributed by atoms with Crippen molar-refractivity contribution in [3.8, 4) is 16.9 Å². The number of carbonyl (C=O) groups excluding carboxylic acids is 1. The van der Waals surface area contributed by atoms with Gasteiger partial charge >= 0.3 is 5.97 Å². The summed E-state index contributed by atoms with van der Waals surface area (Å²) in [5.74, 6) is 1.32. The van der Waals surface area contributed by atoms with Gasteiger partial charge in [-0.1, -0.05) is 37.5 Å². The highest BCUT2D eigenvalue weighted by Crippen LogP contribution is 2.31. The first kappa shape index (κ1) is 21.9. The molecule has 168 valence electrons. The van der Waals surface area contributed by atoms with E-state index in [0.717, 1.165) is 40.7 Å². The van der Waals surface area contributed by atoms with Crippen molar-refractivity contribution >= 4 is 28.6 Å². The zero-order valence-corrected chi connectivity index (χ0v) is 18.6. The van der Waals surface area contributed by atoms with Gasteiger partial charge in [-0.25, -0.2) is 9.78 Å². The number of benzene rings is 2. The van der Waals surface area contributed by atoms with Crippen LogP contribution in [0.15, 0.2) is 42.5 Å². The lowest BCUT2D eigenvalue weighted by Crippen LogP contribution is -2.25. The van der Waals surface area contributed by atoms with E-state index in [9.17, 15) is 4.79 Å². The first-order valence-corrected chi connectivity index (χ1v) is 11.3. The molecule has 1 aromatic heterocycles. The fourth-order valence-electron chi connectivity index (χ4n) is 4.11. The molecule has 7 heteroatoms. The zero-order valence-electron chi connectivity index (χ0n) is 18.6. The molecule has 1 saturated carbocycles. The van der Waals surface area contributed by atoms with Gasteiger partial charge in [-0.3, -0.25) is 0 Å². The van der Waals surface area contributed by atoms with Crippen LogP contribution in [0.1, 0.15) is 46.0 Å². The number of anilines is 2. The minimum absolute atomic E-state index is 0.279. The highest BCUT2D eigenvalue weighted by atomic mass is 16.6. The van der Waals surface area contributed by atoms with E-state index in [-0.39, 0.29) is 11.9 Å². The Morgan fingerprint density at radius 2 is 1.81 bits per heavy atom. The fraction of sp³-hybridized carbons (Fsp3) is 0.400. The standard InChI is InChI=1S/C25H30N4O3/c1-3-31-24(30)16(2)32-20-12-9-17(10-13-20)18-11-14-22-21(15-18)23(29-25(26)28-22)27-19-7-5-4-6-8-19/h9-16,19H,3-8H2,1-2H3,(H3,26,27,28,29). The molecule has 1 unspecified atom stereocenters. The van der Waals surface area contributed by atoms with E-state index in [1.807, 2.05) is 36.4 Å². The van der Waals surface area contributed by atoms with Gasteiger partial charge in [0.1, 0.15) is 11.6 Å². The van der Waals surface area contributed by atoms with Gasteiger partial charge in [-0.05, 0) is 62.1 Å². The molecule has 32 heavy (non-hydrogen) atoms. The van der Waals surface area contributed by atoms with Crippen LogP contribution in [0.2, 0.25) is 0 Å². The molecule has 1 heterocycles. The third kappa shape index (κ3) is 5.10. The average molecular weight is 435 g/mol. The number of esters is 1. The number of ether oxygens (including phenoxy) is 2. The second-order valence-electron chi connectivity index (χ2n) is 8.18. The van der Waals surface area contributed by atoms with E-state index < -0.39 is 6.10 Å². The number of hydrogen-bond acceptors (Lipinski definition) is 7. The van der Waals surface area contributed by atoms with Crippen molar-refractivity contribution in [2.75, 3.05) is 17.7 Å². The van der Waals surface area contributed by atoms with Gasteiger partial charge in [-0.15, -0.1) is 0 Å². The lowest BCUT2D eigenvalue weighted by Gasteiger charge is -2.24. The van der Waals surface area contributed by atoms with Gasteiger partial charge in [0.05, 0.1) is 12.1 Å². The summed E-state index contributed by atoms with van der Waals surface area (Å²) >= 11 is 0. The fourth-order valence-corrected chi connectivity index (χ4v) is 4.11. The molecule has 0 radical (unpaired) electrons. The van der Waals surface area contributed by atoms with Crippen LogP contribution in [0.3, 0.4) is 0 Å². The zero-order chi connectivity index (χ0) is 22.5. The normalized spacial score (nSPS) is 15.3. The maximum atomic E-state index is 11.8. The first-order valence-electron chi connectivity index (χ1n) is 11.3. The number of hydrogen-bond donors (Lipinski definition) is 2. The SMILES string of the molecule is CCOC(=O)C(C)Oc1ccc(-c2ccc3nc(N)nc(NC4CCCCC4)c3c2)cc1. The van der Waals surface area contributed by atoms with E-state index in [2.05, 4.69) is 21.4 Å². The Bertz CT molecular complexity index is 1080. The van der Waals surface area contributed by atoms with Crippen LogP contribution in [-0.2, 0) is 9.53 Å². The van der Waals surface area contributed by atoms with Gasteiger partial charge in [0.2, 0.25) is 5.95 Å². The molecule has 0 bridgehead atoms. The van der Waals surface area contributed by atoms with Crippen molar-refractivity contribution < 1.29 is 14.3 Å². The Morgan fingerprint density at radius 3 is 2.53 bits per heavy atom. The van der Waals surface area contributed by atoms with E-state index in [4.69, 9.17) is 15.2 Å². The molecule has 0 amide bonds. The van der Waals surface area contributed by atoms with Crippen molar-refractivity contribution in [3.05, 3.63) is 42.5 Å². The van der Waals surface area contributed by atoms with Crippen molar-refractivity contribution in [2.45, 2.75) is 58.1 Å². The number of nitrogen functional groups attached to an aromatic ring is 1. The minimum Gasteiger partial charge on any atom is -0.479 e. The molecule has 1 fully saturated rings. The number of aromatic nitrogens is 2. The number of nitrogens with one attached hydrogen (secondary N) is 1. The summed E-state index contributed by atoms with van der Waals surface area (Å²) in [6.07, 6.45) is 5.42. The minimum atomic E-state index is -0.655. The van der Waals surface area contributed by atoms with Crippen LogP contribution in [0.4, 0.5) is 11.8 Å². The largest absolute Gasteiger partial charge is 0.479 e. The van der Waals surface area contributed by atoms with Crippen LogP contribution >= 0.6 is 0 Å². The summed E-state index contributed by atoms with van der Waals surface area (Å²) in [5, 5.41) is 4.56. The Labute approximate surface area is 188 Å². The molecule has 1 atom stereocenters. The van der Waals surface area contributed by atoms with E-state index in [1.54, 1.807) is 13.8 Å². The lowest BCUT2D eigenvalue weighted by molar-refractivity contribution is -0.150. The van der Waals surface area contributed by atoms with Crippen molar-refractivity contribution in [2.24, 2.45) is 0 Å². The summed E-state index contributed by atoms with van der Waals surface area (Å²) in [4.78, 5) is 20.7. The molecule has 0 aliphatic heterocycles. The number of nitrogens with two attached hydrogens (primary N) is 1. The summed E-state index contributed by atoms with van der Waals surface area (Å²) in [6, 6.07) is 14.2. The quantitative estimate of drug-likeness (QED) is 0.507. The third-order valence-electron chi connectivity index (χ3n) is 5.78. The predicted molar refractivity (Wildman–Crippen MR) is 127 cm³/mol. The van der Waals surface area contributed by atoms with Crippen molar-refractivity contribution in [1.29, 1.82) is 0 Å². The molecular weight excluding hydrogens is 404 g/mol. The van der Waals surface area contributed by atoms with Crippen LogP contribution < -0.4 is 15.8 Å². The second-order valence-corrected chi connectivity index (χ2v) is 8.18. The molecule has 3 N–H and O–H groups in total. The molecule has 7 nitrogen and oxygen atoms in total. The smallest absolute Gasteiger partial charge is 0.347 e. The van der Waals surface area contributed by atoms with E-state index >= 15 is 0 Å². The highest BCUT2D eigenvalue weighted by Gasteiger charge is 2.17. The van der Waals surface area contributed by atoms with Crippen LogP contribution in [0.5, 0.6) is 5.75 Å². The number of nitrogens with zero attached hydrogens (tertiary/aromatic N) is 2. The Hall–Kier alpha value is -3.35. The van der Waals surface area contributed by atoms with Crippen LogP contribution in [-0.4, -0.2) is 34.7 Å². The number of rotatable bonds is 7. The summed E-state index contributed by atoms with van der Waals surface area (Å²) in [5.41, 5.74) is 8.86. The topological polar surface area (TPSA) is 99.4 Å². The van der Waals surface area contributed by atoms with Gasteiger partial charge < -0.3 is 20.5 Å². The van der Waals surface area contributed by atoms with Crippen LogP contribution in [0, 0.1) is 0 Å². The maximum Gasteiger partial charge on any atom is 0.347 e. The molecule has 0 saturated heterocycles. The van der Waals surface area contributed by atoms with Crippen molar-refractivity contribution in [1.82, 2.24) is 9.97 Å². The van der Waals surface area contributed by atoms with Crippen molar-refractivity contribution in [3.63, 3.8) is 0 Å². The van der Waals surface area contributed by atoms with Gasteiger partial charge in [0.15, 0.2) is 6.10 Å². The molecule has 0 spiro atoms.